The normalized spacial score (nSPS) is 17.3. The van der Waals surface area contributed by atoms with Crippen molar-refractivity contribution in [1.82, 2.24) is 2.95 Å². The number of hydrogen-bond acceptors (Lipinski definition) is 1. The fourth-order valence-corrected chi connectivity index (χ4v) is 34.6. The Balaban J connectivity index is 7.66. The molecule has 0 saturated carbocycles. The second-order valence-electron chi connectivity index (χ2n) is 8.74. The van der Waals surface area contributed by atoms with Crippen LogP contribution in [0.3, 0.4) is 0 Å². The Morgan fingerprint density at radius 2 is 0.306 bits per heavy atom. The van der Waals surface area contributed by atoms with Crippen LogP contribution in [-0.4, -0.2) is 50.5 Å². The SMILES string of the molecule is BrN(Br)C(Br)(Br)C(Br)(Br)C(Br)(Br)C(Br)(Br)C(Br)(Br)C(Br)(Br)C(Br)(Br)C(Br)(Br)C(Br)(Br)C(Br)(Br)C(Br)(Br)C(Br)(Br)C(Br)(Br)C(Br)(Br)C(Br)(Br)Br. The van der Waals surface area contributed by atoms with Gasteiger partial charge in [-0.1, -0.05) is 494 Å². The van der Waals surface area contributed by atoms with Gasteiger partial charge in [-0.25, -0.2) is 0 Å². The summed E-state index contributed by atoms with van der Waals surface area (Å²) in [5, 5.41) is 0. The van der Waals surface area contributed by atoms with Crippen molar-refractivity contribution < 1.29 is 0 Å². The van der Waals surface area contributed by atoms with E-state index < -0.39 is 47.5 Å². The third-order valence-corrected chi connectivity index (χ3v) is 74.1. The van der Waals surface area contributed by atoms with E-state index in [0.717, 1.165) is 0 Å². The van der Waals surface area contributed by atoms with Gasteiger partial charge in [0.25, 0.3) is 0 Å². The Hall–Kier alpha value is 15.8. The highest BCUT2D eigenvalue weighted by atomic mass is 80.0. The molecule has 0 aromatic carbocycles. The number of alkyl halides is 31. The molecule has 0 atom stereocenters. The Bertz CT molecular complexity index is 1200. The molecule has 34 heteroatoms. The number of halogens is 33. The molecule has 0 amide bonds. The Morgan fingerprint density at radius 3 is 0.429 bits per heavy atom. The van der Waals surface area contributed by atoms with E-state index >= 15 is 0 Å². The van der Waals surface area contributed by atoms with E-state index in [4.69, 9.17) is 0 Å². The largest absolute Gasteiger partial charge is 0.179 e. The highest BCUT2D eigenvalue weighted by Crippen LogP contribution is 2.83. The van der Waals surface area contributed by atoms with E-state index in [1.54, 1.807) is 2.95 Å². The Kier molecular flexibility index (Phi) is 28.1. The van der Waals surface area contributed by atoms with Crippen LogP contribution in [0.1, 0.15) is 0 Å². The number of nitrogens with zero attached hydrogens (tertiary/aromatic N) is 1. The molecule has 0 bridgehead atoms. The minimum Gasteiger partial charge on any atom is -0.148 e. The summed E-state index contributed by atoms with van der Waals surface area (Å²) < 4.78 is -16.1. The molecule has 0 aliphatic rings. The smallest absolute Gasteiger partial charge is 0.148 e. The van der Waals surface area contributed by atoms with Crippen LogP contribution < -0.4 is 0 Å². The van der Waals surface area contributed by atoms with Gasteiger partial charge in [0, 0.05) is 32.3 Å². The molecular weight excluding hydrogens is 2830 g/mol. The van der Waals surface area contributed by atoms with Gasteiger partial charge >= 0.3 is 0 Å². The molecular formula is C15Br33N. The lowest BCUT2D eigenvalue weighted by molar-refractivity contribution is 0.513. The third-order valence-electron chi connectivity index (χ3n) is 5.68. The van der Waals surface area contributed by atoms with Gasteiger partial charge in [-0.3, -0.25) is 0 Å². The van der Waals surface area contributed by atoms with Crippen LogP contribution in [0.25, 0.3) is 0 Å². The van der Waals surface area contributed by atoms with E-state index in [0.29, 0.717) is 0 Å². The molecule has 0 radical (unpaired) electrons. The van der Waals surface area contributed by atoms with Crippen LogP contribution in [0.2, 0.25) is 0 Å². The highest BCUT2D eigenvalue weighted by molar-refractivity contribution is 9.43. The summed E-state index contributed by atoms with van der Waals surface area (Å²) >= 11 is 128. The van der Waals surface area contributed by atoms with Crippen molar-refractivity contribution in [3.63, 3.8) is 0 Å². The van der Waals surface area contributed by atoms with E-state index in [9.17, 15) is 0 Å². The summed E-state index contributed by atoms with van der Waals surface area (Å²) in [5.41, 5.74) is 0. The van der Waals surface area contributed by atoms with E-state index in [2.05, 4.69) is 526 Å². The fourth-order valence-electron chi connectivity index (χ4n) is 2.64. The summed E-state index contributed by atoms with van der Waals surface area (Å²) in [6.07, 6.45) is 0. The minimum absolute atomic E-state index is 0.891. The van der Waals surface area contributed by atoms with Crippen molar-refractivity contribution in [2.75, 3.05) is 0 Å². The predicted molar refractivity (Wildman–Crippen MR) is 337 cm³/mol. The molecule has 0 aromatic rings. The third kappa shape index (κ3) is 11.2. The maximum absolute atomic E-state index is 4.00. The zero-order valence-electron chi connectivity index (χ0n) is 20.4. The maximum Gasteiger partial charge on any atom is 0.179 e. The minimum atomic E-state index is -1.30. The second kappa shape index (κ2) is 21.3. The van der Waals surface area contributed by atoms with Crippen molar-refractivity contribution in [2.45, 2.75) is 47.5 Å². The van der Waals surface area contributed by atoms with Crippen molar-refractivity contribution in [3.05, 3.63) is 0 Å². The molecule has 0 aliphatic carbocycles. The van der Waals surface area contributed by atoms with Gasteiger partial charge in [0.05, 0.1) is 0 Å². The average Bonchev–Trinajstić information content (AvgIpc) is 2.86. The first-order valence-corrected chi connectivity index (χ1v) is 35.9. The van der Waals surface area contributed by atoms with Gasteiger partial charge in [-0.15, -0.1) is 2.95 Å². The molecule has 0 aliphatic heterocycles. The number of hydrogen-bond donors (Lipinski definition) is 0. The van der Waals surface area contributed by atoms with Crippen LogP contribution in [0, 0.1) is 0 Å². The lowest BCUT2D eigenvalue weighted by atomic mass is 10.0. The zero-order valence-corrected chi connectivity index (χ0v) is 72.8. The first-order valence-electron chi connectivity index (χ1n) is 9.92. The van der Waals surface area contributed by atoms with Crippen LogP contribution in [0.4, 0.5) is 0 Å². The Labute approximate surface area is 562 Å². The van der Waals surface area contributed by atoms with Gasteiger partial charge in [-0.05, 0) is 0 Å². The number of rotatable bonds is 14. The molecule has 0 rings (SSSR count). The molecule has 0 spiro atoms. The zero-order chi connectivity index (χ0) is 41.1. The molecule has 0 unspecified atom stereocenters. The van der Waals surface area contributed by atoms with Gasteiger partial charge in [0.15, 0.2) is 5.50 Å². The summed E-state index contributed by atoms with van der Waals surface area (Å²) in [4.78, 5) is 0. The molecule has 0 N–H and O–H groups in total. The first kappa shape index (κ1) is 64.8. The quantitative estimate of drug-likeness (QED) is 0.0952. The average molecular weight is 2830 g/mol. The van der Waals surface area contributed by atoms with Gasteiger partial charge in [-0.2, -0.15) is 0 Å². The van der Waals surface area contributed by atoms with Crippen LogP contribution in [-0.2, 0) is 0 Å². The van der Waals surface area contributed by atoms with Crippen LogP contribution in [0.15, 0.2) is 0 Å². The summed E-state index contributed by atoms with van der Waals surface area (Å²) in [5.74, 6) is 0. The Morgan fingerprint density at radius 1 is 0.184 bits per heavy atom. The summed E-state index contributed by atoms with van der Waals surface area (Å²) in [7, 11) is 0. The topological polar surface area (TPSA) is 3.24 Å². The molecule has 0 fully saturated rings. The predicted octanol–water partition coefficient (Wildman–Crippen LogP) is 24.5. The molecule has 296 valence electrons. The maximum atomic E-state index is 4.00. The second-order valence-corrected chi connectivity index (χ2v) is 66.0. The molecule has 0 aromatic heterocycles. The van der Waals surface area contributed by atoms with E-state index in [1.165, 1.54) is 0 Å². The lowest BCUT2D eigenvalue weighted by Gasteiger charge is -2.62. The summed E-state index contributed by atoms with van der Waals surface area (Å²) in [6.45, 7) is 0. The molecule has 0 heterocycles. The fraction of sp³-hybridized carbons (Fsp3) is 1.00. The molecule has 0 saturated heterocycles. The lowest BCUT2D eigenvalue weighted by Crippen LogP contribution is -2.73. The van der Waals surface area contributed by atoms with Crippen molar-refractivity contribution in [1.29, 1.82) is 0 Å². The van der Waals surface area contributed by atoms with Gasteiger partial charge in [0.2, 0.25) is 0 Å². The van der Waals surface area contributed by atoms with Crippen molar-refractivity contribution in [2.24, 2.45) is 0 Å². The van der Waals surface area contributed by atoms with Crippen LogP contribution in [0.5, 0.6) is 0 Å². The van der Waals surface area contributed by atoms with Crippen LogP contribution >= 0.6 is 526 Å². The summed E-state index contributed by atoms with van der Waals surface area (Å²) in [6, 6.07) is 0. The monoisotopic (exact) mass is 2800 g/mol. The molecule has 1 nitrogen and oxygen atoms in total. The van der Waals surface area contributed by atoms with Crippen molar-refractivity contribution >= 4 is 526 Å². The highest BCUT2D eigenvalue weighted by Gasteiger charge is 2.83. The molecule has 49 heavy (non-hydrogen) atoms. The van der Waals surface area contributed by atoms with Gasteiger partial charge in [0.1, 0.15) is 42.0 Å². The first-order chi connectivity index (χ1) is 20.4. The van der Waals surface area contributed by atoms with E-state index in [1.807, 2.05) is 0 Å². The standard InChI is InChI=1S/C15Br33N/c16-1(17,2(18,19)4(22,23)6(26,27)8(30,31)10(34,35)12(38,39)14(42,43)44)3(20,21)5(24,25)7(28,29)9(32,33)11(36,37)13(40,41)15(45,46)49(47)48. The van der Waals surface area contributed by atoms with E-state index in [-0.39, 0.29) is 0 Å². The van der Waals surface area contributed by atoms with Gasteiger partial charge < -0.3 is 0 Å². The van der Waals surface area contributed by atoms with Crippen molar-refractivity contribution in [3.8, 4) is 0 Å².